The van der Waals surface area contributed by atoms with E-state index in [1.165, 1.54) is 11.8 Å². The standard InChI is InChI=1S/C25H33ClN6O3S2/c1-24(2,3)37(34)29-20-14-35-15-25(20)8-10-32(11-9-25)23-27-12-19(22(33)31(23)5)36-18-7-6-17-16(21(18)26)13-30(4)28-17/h6-7,12-13,20,29H,8-11,14-15H2,1-5H3/t20?,37-/m1/s1. The summed E-state index contributed by atoms with van der Waals surface area (Å²) in [5, 5.41) is 5.82. The number of aryl methyl sites for hydroxylation is 1. The first kappa shape index (κ1) is 26.8. The lowest BCUT2D eigenvalue weighted by Crippen LogP contribution is -2.55. The van der Waals surface area contributed by atoms with Crippen LogP contribution in [0.15, 0.2) is 39.1 Å². The zero-order valence-electron chi connectivity index (χ0n) is 21.8. The number of anilines is 1. The molecule has 2 atom stereocenters. The Morgan fingerprint density at radius 1 is 1.24 bits per heavy atom. The molecule has 0 aliphatic carbocycles. The van der Waals surface area contributed by atoms with Gasteiger partial charge in [0.05, 0.1) is 40.9 Å². The van der Waals surface area contributed by atoms with Crippen molar-refractivity contribution in [2.45, 2.75) is 54.2 Å². The van der Waals surface area contributed by atoms with Gasteiger partial charge in [-0.25, -0.2) is 4.98 Å². The molecular formula is C25H33ClN6O3S2. The van der Waals surface area contributed by atoms with E-state index in [9.17, 15) is 9.35 Å². The van der Waals surface area contributed by atoms with Gasteiger partial charge in [0, 0.05) is 60.4 Å². The molecule has 2 saturated heterocycles. The van der Waals surface area contributed by atoms with E-state index in [0.717, 1.165) is 41.7 Å². The first-order valence-electron chi connectivity index (χ1n) is 12.3. The van der Waals surface area contributed by atoms with Crippen LogP contribution < -0.4 is 15.2 Å². The summed E-state index contributed by atoms with van der Waals surface area (Å²) in [5.41, 5.74) is 0.645. The number of halogens is 1. The van der Waals surface area contributed by atoms with E-state index in [1.54, 1.807) is 22.5 Å². The van der Waals surface area contributed by atoms with Gasteiger partial charge in [0.2, 0.25) is 5.95 Å². The minimum Gasteiger partial charge on any atom is -0.598 e. The van der Waals surface area contributed by atoms with Gasteiger partial charge in [0.15, 0.2) is 0 Å². The molecule has 9 nitrogen and oxygen atoms in total. The van der Waals surface area contributed by atoms with Crippen molar-refractivity contribution in [2.24, 2.45) is 19.5 Å². The Balaban J connectivity index is 1.30. The highest BCUT2D eigenvalue weighted by Crippen LogP contribution is 2.41. The third-order valence-electron chi connectivity index (χ3n) is 7.30. The number of nitrogens with one attached hydrogen (secondary N) is 1. The van der Waals surface area contributed by atoms with Crippen molar-refractivity contribution in [3.05, 3.63) is 39.9 Å². The molecule has 0 saturated carbocycles. The molecule has 2 aromatic heterocycles. The van der Waals surface area contributed by atoms with Gasteiger partial charge in [-0.3, -0.25) is 14.0 Å². The summed E-state index contributed by atoms with van der Waals surface area (Å²) in [7, 11) is 3.62. The van der Waals surface area contributed by atoms with Crippen molar-refractivity contribution < 1.29 is 9.29 Å². The Labute approximate surface area is 229 Å². The van der Waals surface area contributed by atoms with E-state index in [-0.39, 0.29) is 21.8 Å². The molecule has 200 valence electrons. The predicted molar refractivity (Wildman–Crippen MR) is 149 cm³/mol. The van der Waals surface area contributed by atoms with Gasteiger partial charge < -0.3 is 14.2 Å². The SMILES string of the molecule is Cn1cc2c(Cl)c(Sc3cnc(N4CCC5(CC4)COCC5N[S@+]([O-])C(C)(C)C)n(C)c3=O)ccc2n1. The maximum Gasteiger partial charge on any atom is 0.268 e. The Bertz CT molecular complexity index is 1360. The topological polar surface area (TPSA) is 100 Å². The molecule has 0 radical (unpaired) electrons. The van der Waals surface area contributed by atoms with Crippen LogP contribution in [0.5, 0.6) is 0 Å². The van der Waals surface area contributed by atoms with Gasteiger partial charge in [-0.1, -0.05) is 23.4 Å². The molecule has 2 aliphatic rings. The Morgan fingerprint density at radius 2 is 1.97 bits per heavy atom. The first-order valence-corrected chi connectivity index (χ1v) is 14.7. The summed E-state index contributed by atoms with van der Waals surface area (Å²) in [6.07, 6.45) is 5.27. The molecule has 1 N–H and O–H groups in total. The molecule has 1 unspecified atom stereocenters. The maximum absolute atomic E-state index is 13.3. The van der Waals surface area contributed by atoms with Crippen molar-refractivity contribution in [3.8, 4) is 0 Å². The maximum atomic E-state index is 13.3. The quantitative estimate of drug-likeness (QED) is 0.470. The lowest BCUT2D eigenvalue weighted by molar-refractivity contribution is 0.130. The van der Waals surface area contributed by atoms with E-state index in [0.29, 0.717) is 29.1 Å². The van der Waals surface area contributed by atoms with Crippen LogP contribution in [0.25, 0.3) is 10.9 Å². The number of nitrogens with zero attached hydrogens (tertiary/aromatic N) is 5. The number of ether oxygens (including phenoxy) is 1. The predicted octanol–water partition coefficient (Wildman–Crippen LogP) is 3.51. The van der Waals surface area contributed by atoms with Crippen LogP contribution in [0.3, 0.4) is 0 Å². The number of fused-ring (bicyclic) bond motifs is 1. The third kappa shape index (κ3) is 5.14. The second kappa shape index (κ2) is 10.1. The van der Waals surface area contributed by atoms with E-state index < -0.39 is 11.4 Å². The number of rotatable bonds is 5. The summed E-state index contributed by atoms with van der Waals surface area (Å²) in [6.45, 7) is 8.64. The number of piperidine rings is 1. The highest BCUT2D eigenvalue weighted by molar-refractivity contribution is 7.99. The highest BCUT2D eigenvalue weighted by atomic mass is 35.5. The van der Waals surface area contributed by atoms with Crippen LogP contribution in [0, 0.1) is 5.41 Å². The molecule has 2 fully saturated rings. The fourth-order valence-electron chi connectivity index (χ4n) is 5.00. The van der Waals surface area contributed by atoms with Gasteiger partial charge in [0.25, 0.3) is 5.56 Å². The average molecular weight is 565 g/mol. The fourth-order valence-corrected chi connectivity index (χ4v) is 7.16. The number of hydrogen-bond donors (Lipinski definition) is 1. The van der Waals surface area contributed by atoms with Gasteiger partial charge in [0.1, 0.15) is 4.75 Å². The summed E-state index contributed by atoms with van der Waals surface area (Å²) >= 11 is 6.80. The molecule has 0 amide bonds. The molecular weight excluding hydrogens is 532 g/mol. The summed E-state index contributed by atoms with van der Waals surface area (Å²) in [4.78, 5) is 21.4. The van der Waals surface area contributed by atoms with Crippen LogP contribution >= 0.6 is 23.4 Å². The molecule has 1 spiro atoms. The van der Waals surface area contributed by atoms with Crippen molar-refractivity contribution in [1.29, 1.82) is 0 Å². The molecule has 37 heavy (non-hydrogen) atoms. The van der Waals surface area contributed by atoms with E-state index in [4.69, 9.17) is 16.3 Å². The number of aromatic nitrogens is 4. The summed E-state index contributed by atoms with van der Waals surface area (Å²) in [5.74, 6) is 0.653. The van der Waals surface area contributed by atoms with E-state index >= 15 is 0 Å². The van der Waals surface area contributed by atoms with Gasteiger partial charge in [-0.2, -0.15) is 5.10 Å². The second-order valence-electron chi connectivity index (χ2n) is 10.9. The van der Waals surface area contributed by atoms with Crippen LogP contribution in [-0.2, 0) is 30.2 Å². The highest BCUT2D eigenvalue weighted by Gasteiger charge is 2.49. The van der Waals surface area contributed by atoms with Crippen molar-refractivity contribution in [2.75, 3.05) is 31.2 Å². The molecule has 3 aromatic rings. The van der Waals surface area contributed by atoms with Crippen LogP contribution in [0.1, 0.15) is 33.6 Å². The molecule has 5 rings (SSSR count). The fraction of sp³-hybridized carbons (Fsp3) is 0.560. The van der Waals surface area contributed by atoms with Crippen molar-refractivity contribution in [3.63, 3.8) is 0 Å². The summed E-state index contributed by atoms with van der Waals surface area (Å²) in [6, 6.07) is 3.85. The first-order chi connectivity index (χ1) is 17.5. The largest absolute Gasteiger partial charge is 0.598 e. The molecule has 12 heteroatoms. The Hall–Kier alpha value is -1.76. The van der Waals surface area contributed by atoms with Gasteiger partial charge in [-0.15, -0.1) is 4.72 Å². The van der Waals surface area contributed by atoms with Crippen molar-refractivity contribution in [1.82, 2.24) is 24.1 Å². The molecule has 0 bridgehead atoms. The monoisotopic (exact) mass is 564 g/mol. The Kier molecular flexibility index (Phi) is 7.32. The summed E-state index contributed by atoms with van der Waals surface area (Å²) < 4.78 is 24.9. The normalized spacial score (nSPS) is 20.7. The molecule has 2 aliphatic heterocycles. The smallest absolute Gasteiger partial charge is 0.268 e. The van der Waals surface area contributed by atoms with Crippen LogP contribution in [-0.4, -0.2) is 61.0 Å². The number of benzene rings is 1. The second-order valence-corrected chi connectivity index (χ2v) is 14.4. The van der Waals surface area contributed by atoms with Crippen molar-refractivity contribution >= 4 is 51.6 Å². The lowest BCUT2D eigenvalue weighted by atomic mass is 9.75. The average Bonchev–Trinajstić information content (AvgIpc) is 3.42. The van der Waals surface area contributed by atoms with Gasteiger partial charge in [-0.05, 0) is 45.7 Å². The molecule has 1 aromatic carbocycles. The van der Waals surface area contributed by atoms with Crippen LogP contribution in [0.2, 0.25) is 5.02 Å². The third-order valence-corrected chi connectivity index (χ3v) is 10.5. The minimum absolute atomic E-state index is 0.0483. The number of hydrogen-bond acceptors (Lipinski definition) is 8. The minimum atomic E-state index is -1.15. The van der Waals surface area contributed by atoms with Crippen LogP contribution in [0.4, 0.5) is 5.95 Å². The zero-order valence-corrected chi connectivity index (χ0v) is 24.2. The van der Waals surface area contributed by atoms with E-state index in [2.05, 4.69) is 19.7 Å². The van der Waals surface area contributed by atoms with Gasteiger partial charge >= 0.3 is 0 Å². The van der Waals surface area contributed by atoms with E-state index in [1.807, 2.05) is 46.1 Å². The zero-order chi connectivity index (χ0) is 26.5. The lowest BCUT2D eigenvalue weighted by Gasteiger charge is -2.42. The molecule has 4 heterocycles. The Morgan fingerprint density at radius 3 is 2.68 bits per heavy atom.